The second kappa shape index (κ2) is 29.6. The first-order valence-electron chi connectivity index (χ1n) is 11.1. The van der Waals surface area contributed by atoms with Crippen LogP contribution in [-0.2, 0) is 48.7 Å². The molecule has 0 aromatic heterocycles. The van der Waals surface area contributed by atoms with E-state index in [0.717, 1.165) is 7.11 Å². The molecule has 0 aliphatic rings. The summed E-state index contributed by atoms with van der Waals surface area (Å²) in [4.78, 5) is 9.59. The summed E-state index contributed by atoms with van der Waals surface area (Å²) in [6, 6.07) is 0. The molecule has 0 amide bonds. The summed E-state index contributed by atoms with van der Waals surface area (Å²) in [5, 5.41) is 23.6. The van der Waals surface area contributed by atoms with Crippen molar-refractivity contribution in [3.8, 4) is 0 Å². The van der Waals surface area contributed by atoms with E-state index < -0.39 is 26.3 Å². The van der Waals surface area contributed by atoms with Gasteiger partial charge in [0.05, 0.1) is 45.0 Å². The van der Waals surface area contributed by atoms with Crippen molar-refractivity contribution in [2.24, 2.45) is 0 Å². The first kappa shape index (κ1) is 43.1. The molecular formula is C20H46O15S2. The molecule has 2 atom stereocenters. The van der Waals surface area contributed by atoms with Crippen molar-refractivity contribution in [1.29, 1.82) is 0 Å². The molecule has 228 valence electrons. The Morgan fingerprint density at radius 1 is 0.784 bits per heavy atom. The van der Waals surface area contributed by atoms with Crippen LogP contribution in [0.25, 0.3) is 0 Å². The highest BCUT2D eigenvalue weighted by atomic mass is 32.2. The minimum atomic E-state index is -3.93. The zero-order valence-corrected chi connectivity index (χ0v) is 23.9. The molecule has 0 spiro atoms. The van der Waals surface area contributed by atoms with Crippen molar-refractivity contribution < 1.29 is 69.7 Å². The van der Waals surface area contributed by atoms with E-state index in [1.165, 1.54) is 28.3 Å². The lowest BCUT2D eigenvalue weighted by Gasteiger charge is -2.17. The maximum absolute atomic E-state index is 10.5. The fourth-order valence-electron chi connectivity index (χ4n) is 1.92. The van der Waals surface area contributed by atoms with Gasteiger partial charge in [0, 0.05) is 41.5 Å². The van der Waals surface area contributed by atoms with Crippen LogP contribution < -0.4 is 0 Å². The molecule has 2 unspecified atom stereocenters. The number of aliphatic hydroxyl groups is 3. The second-order valence-electron chi connectivity index (χ2n) is 7.00. The van der Waals surface area contributed by atoms with Crippen LogP contribution in [0.5, 0.6) is 0 Å². The Bertz CT molecular complexity index is 684. The highest BCUT2D eigenvalue weighted by molar-refractivity contribution is 7.86. The van der Waals surface area contributed by atoms with E-state index in [-0.39, 0.29) is 43.4 Å². The molecule has 0 aliphatic heterocycles. The Balaban J connectivity index is -0.000000318. The van der Waals surface area contributed by atoms with Crippen molar-refractivity contribution in [1.82, 2.24) is 0 Å². The number of carbonyl (C=O) groups excluding carboxylic acids is 1. The van der Waals surface area contributed by atoms with E-state index in [4.69, 9.17) is 38.6 Å². The first-order chi connectivity index (χ1) is 17.2. The van der Waals surface area contributed by atoms with E-state index >= 15 is 0 Å². The van der Waals surface area contributed by atoms with Crippen LogP contribution in [0, 0.1) is 0 Å². The number of hydrogen-bond donors (Lipinski definition) is 5. The van der Waals surface area contributed by atoms with Crippen LogP contribution in [0.15, 0.2) is 0 Å². The van der Waals surface area contributed by atoms with Crippen LogP contribution in [0.3, 0.4) is 0 Å². The normalized spacial score (nSPS) is 12.5. The fourth-order valence-corrected chi connectivity index (χ4v) is 3.05. The second-order valence-corrected chi connectivity index (χ2v) is 10.1. The molecule has 0 fully saturated rings. The number of aliphatic hydroxyl groups excluding tert-OH is 3. The minimum Gasteiger partial charge on any atom is -0.469 e. The van der Waals surface area contributed by atoms with Crippen LogP contribution in [0.2, 0.25) is 0 Å². The summed E-state index contributed by atoms with van der Waals surface area (Å²) in [5.41, 5.74) is 0. The lowest BCUT2D eigenvalue weighted by molar-refractivity contribution is -0.137. The number of ether oxygens (including phenoxy) is 5. The van der Waals surface area contributed by atoms with E-state index in [9.17, 15) is 21.6 Å². The third-order valence-corrected chi connectivity index (χ3v) is 5.21. The summed E-state index contributed by atoms with van der Waals surface area (Å²) >= 11 is 0. The van der Waals surface area contributed by atoms with Gasteiger partial charge in [0.2, 0.25) is 0 Å². The fraction of sp³-hybridized carbons (Fsp3) is 0.950. The predicted molar refractivity (Wildman–Crippen MR) is 135 cm³/mol. The van der Waals surface area contributed by atoms with Crippen molar-refractivity contribution in [3.05, 3.63) is 0 Å². The van der Waals surface area contributed by atoms with Crippen molar-refractivity contribution in [3.63, 3.8) is 0 Å². The predicted octanol–water partition coefficient (Wildman–Crippen LogP) is -0.856. The average Bonchev–Trinajstić information content (AvgIpc) is 2.81. The molecule has 17 heteroatoms. The first-order valence-corrected chi connectivity index (χ1v) is 14.3. The number of unbranched alkanes of at least 4 members (excludes halogenated alkanes) is 2. The van der Waals surface area contributed by atoms with Gasteiger partial charge in [-0.3, -0.25) is 13.9 Å². The molecule has 5 N–H and O–H groups in total. The summed E-state index contributed by atoms with van der Waals surface area (Å²) in [7, 11) is -2.52. The number of hydrogen-bond acceptors (Lipinski definition) is 13. The zero-order valence-electron chi connectivity index (χ0n) is 22.3. The molecule has 37 heavy (non-hydrogen) atoms. The number of rotatable bonds is 18. The van der Waals surface area contributed by atoms with Gasteiger partial charge in [-0.05, 0) is 25.7 Å². The SMILES string of the molecule is CO.COC(C)=O.COCC(COCCCCS(=O)(=O)O)OCCCCS(=O)(=O)O.COCC(O)CO. The summed E-state index contributed by atoms with van der Waals surface area (Å²) in [6.45, 7) is 2.56. The standard InChI is InChI=1S/C12H26O9S2.C4H10O3.C3H6O2.CH4O/c1-19-10-12(21-7-3-5-9-23(16,17)18)11-20-6-2-4-8-22(13,14)15;1-7-3-4(6)2-5;1-3(4)5-2;1-2/h12H,2-11H2,1H3,(H,13,14,15)(H,16,17,18);4-6H,2-3H2,1H3;1-2H3;2H,1H3. The molecule has 0 rings (SSSR count). The minimum absolute atomic E-state index is 0.205. The Kier molecular flexibility index (Phi) is 34.4. The molecular weight excluding hydrogens is 544 g/mol. The van der Waals surface area contributed by atoms with Gasteiger partial charge in [0.25, 0.3) is 20.2 Å². The Hall–Kier alpha value is -0.990. The van der Waals surface area contributed by atoms with Crippen molar-refractivity contribution >= 4 is 26.2 Å². The largest absolute Gasteiger partial charge is 0.469 e. The molecule has 0 bridgehead atoms. The van der Waals surface area contributed by atoms with Gasteiger partial charge in [-0.25, -0.2) is 0 Å². The molecule has 0 saturated heterocycles. The molecule has 0 aliphatic carbocycles. The van der Waals surface area contributed by atoms with E-state index in [1.807, 2.05) is 0 Å². The molecule has 0 aromatic carbocycles. The van der Waals surface area contributed by atoms with E-state index in [2.05, 4.69) is 9.47 Å². The monoisotopic (exact) mass is 590 g/mol. The maximum Gasteiger partial charge on any atom is 0.302 e. The van der Waals surface area contributed by atoms with Gasteiger partial charge in [0.15, 0.2) is 0 Å². The lowest BCUT2D eigenvalue weighted by Crippen LogP contribution is -2.26. The van der Waals surface area contributed by atoms with Crippen LogP contribution >= 0.6 is 0 Å². The van der Waals surface area contributed by atoms with Gasteiger partial charge in [0.1, 0.15) is 12.2 Å². The highest BCUT2D eigenvalue weighted by Crippen LogP contribution is 2.01. The topological polar surface area (TPSA) is 233 Å². The van der Waals surface area contributed by atoms with Gasteiger partial charge < -0.3 is 39.0 Å². The van der Waals surface area contributed by atoms with Gasteiger partial charge in [-0.2, -0.15) is 16.8 Å². The van der Waals surface area contributed by atoms with E-state index in [0.29, 0.717) is 45.5 Å². The summed E-state index contributed by atoms with van der Waals surface area (Å²) in [6.07, 6.45) is 0.555. The number of esters is 1. The Morgan fingerprint density at radius 3 is 1.54 bits per heavy atom. The zero-order chi connectivity index (χ0) is 29.8. The molecule has 15 nitrogen and oxygen atoms in total. The number of methoxy groups -OCH3 is 3. The maximum atomic E-state index is 10.5. The summed E-state index contributed by atoms with van der Waals surface area (Å²) in [5.74, 6) is -0.831. The van der Waals surface area contributed by atoms with Crippen LogP contribution in [0.4, 0.5) is 0 Å². The van der Waals surface area contributed by atoms with Crippen molar-refractivity contribution in [2.75, 3.05) is 79.6 Å². The van der Waals surface area contributed by atoms with Crippen LogP contribution in [-0.4, -0.2) is 139 Å². The molecule has 0 saturated carbocycles. The Morgan fingerprint density at radius 2 is 1.22 bits per heavy atom. The van der Waals surface area contributed by atoms with Gasteiger partial charge in [-0.15, -0.1) is 0 Å². The lowest BCUT2D eigenvalue weighted by atomic mass is 10.3. The quantitative estimate of drug-likeness (QED) is 0.0742. The number of carbonyl (C=O) groups is 1. The molecule has 0 aromatic rings. The third-order valence-electron chi connectivity index (χ3n) is 3.60. The van der Waals surface area contributed by atoms with Crippen LogP contribution in [0.1, 0.15) is 32.6 Å². The molecule has 0 heterocycles. The third kappa shape index (κ3) is 48.6. The van der Waals surface area contributed by atoms with Crippen molar-refractivity contribution in [2.45, 2.75) is 44.8 Å². The smallest absolute Gasteiger partial charge is 0.302 e. The van der Waals surface area contributed by atoms with E-state index in [1.54, 1.807) is 0 Å². The summed E-state index contributed by atoms with van der Waals surface area (Å²) < 4.78 is 83.7. The highest BCUT2D eigenvalue weighted by Gasteiger charge is 2.10. The Labute approximate surface area is 220 Å². The molecule has 0 radical (unpaired) electrons. The average molecular weight is 591 g/mol. The van der Waals surface area contributed by atoms with Gasteiger partial charge in [-0.1, -0.05) is 0 Å². The van der Waals surface area contributed by atoms with Gasteiger partial charge >= 0.3 is 5.97 Å².